The second-order valence-electron chi connectivity index (χ2n) is 11.3. The zero-order valence-electron chi connectivity index (χ0n) is 24.3. The molecule has 1 fully saturated rings. The molecule has 42 heavy (non-hydrogen) atoms. The summed E-state index contributed by atoms with van der Waals surface area (Å²) in [7, 11) is -2.49. The number of ether oxygens (including phenoxy) is 2. The number of nitrogens with one attached hydrogen (secondary N) is 3. The number of carbonyl (C=O) groups excluding carboxylic acids is 1. The summed E-state index contributed by atoms with van der Waals surface area (Å²) in [4.78, 5) is 20.9. The van der Waals surface area contributed by atoms with Crippen LogP contribution in [0.5, 0.6) is 5.88 Å². The molecule has 1 aliphatic rings. The highest BCUT2D eigenvalue weighted by Gasteiger charge is 2.25. The molecule has 1 aromatic carbocycles. The summed E-state index contributed by atoms with van der Waals surface area (Å²) in [5.41, 5.74) is 1.59. The summed E-state index contributed by atoms with van der Waals surface area (Å²) in [5.74, 6) is 1.06. The summed E-state index contributed by atoms with van der Waals surface area (Å²) in [5, 5.41) is 6.60. The normalized spacial score (nSPS) is 17.3. The summed E-state index contributed by atoms with van der Waals surface area (Å²) in [6.07, 6.45) is 6.35. The number of benzene rings is 1. The van der Waals surface area contributed by atoms with Crippen molar-refractivity contribution in [3.8, 4) is 5.88 Å². The van der Waals surface area contributed by atoms with Gasteiger partial charge in [-0.25, -0.2) is 9.78 Å². The maximum Gasteiger partial charge on any atom is 0.407 e. The maximum atomic E-state index is 12.9. The quantitative estimate of drug-likeness (QED) is 0.254. The zero-order valence-corrected chi connectivity index (χ0v) is 25.9. The van der Waals surface area contributed by atoms with E-state index in [-0.39, 0.29) is 34.8 Å². The third-order valence-corrected chi connectivity index (χ3v) is 8.40. The largest absolute Gasteiger partial charge is 0.481 e. The number of nitrogens with zero attached hydrogens (tertiary/aromatic N) is 2. The predicted octanol–water partition coefficient (Wildman–Crippen LogP) is 5.97. The van der Waals surface area contributed by atoms with Crippen LogP contribution in [0.15, 0.2) is 59.8 Å². The van der Waals surface area contributed by atoms with Crippen LogP contribution < -0.4 is 20.1 Å². The van der Waals surface area contributed by atoms with Gasteiger partial charge in [0.1, 0.15) is 11.4 Å². The van der Waals surface area contributed by atoms with Crippen LogP contribution in [0, 0.1) is 0 Å². The molecule has 1 saturated carbocycles. The third kappa shape index (κ3) is 8.96. The number of sulfonamides is 1. The average molecular weight is 616 g/mol. The van der Waals surface area contributed by atoms with Gasteiger partial charge in [-0.05, 0) is 89.1 Å². The van der Waals surface area contributed by atoms with Gasteiger partial charge in [-0.2, -0.15) is 13.4 Å². The van der Waals surface area contributed by atoms with Crippen LogP contribution in [0.1, 0.15) is 57.6 Å². The van der Waals surface area contributed by atoms with Crippen molar-refractivity contribution in [1.29, 1.82) is 0 Å². The number of pyridine rings is 2. The lowest BCUT2D eigenvalue weighted by Crippen LogP contribution is -2.42. The molecule has 2 aromatic heterocycles. The first-order chi connectivity index (χ1) is 19.9. The summed E-state index contributed by atoms with van der Waals surface area (Å²) < 4.78 is 39.0. The number of hydrogen-bond acceptors (Lipinski definition) is 8. The molecule has 3 aromatic rings. The van der Waals surface area contributed by atoms with Gasteiger partial charge < -0.3 is 20.1 Å². The lowest BCUT2D eigenvalue weighted by Gasteiger charge is -2.30. The lowest BCUT2D eigenvalue weighted by molar-refractivity contribution is 0.0492. The molecule has 0 aliphatic heterocycles. The van der Waals surface area contributed by atoms with E-state index in [1.165, 1.54) is 13.2 Å². The Kier molecular flexibility index (Phi) is 10.2. The van der Waals surface area contributed by atoms with Gasteiger partial charge in [0.15, 0.2) is 5.03 Å². The molecule has 0 unspecified atom stereocenters. The Morgan fingerprint density at radius 2 is 1.71 bits per heavy atom. The van der Waals surface area contributed by atoms with E-state index >= 15 is 0 Å². The molecule has 0 radical (unpaired) electrons. The first kappa shape index (κ1) is 31.4. The maximum absolute atomic E-state index is 12.9. The number of alkyl carbamates (subject to hydrolysis) is 1. The van der Waals surface area contributed by atoms with Gasteiger partial charge in [0.05, 0.1) is 17.8 Å². The van der Waals surface area contributed by atoms with Gasteiger partial charge in [0.25, 0.3) is 10.0 Å². The van der Waals surface area contributed by atoms with E-state index in [2.05, 4.69) is 25.3 Å². The first-order valence-electron chi connectivity index (χ1n) is 13.9. The monoisotopic (exact) mass is 615 g/mol. The van der Waals surface area contributed by atoms with E-state index in [0.717, 1.165) is 42.6 Å². The number of aromatic nitrogens is 2. The molecule has 0 spiro atoms. The zero-order chi connectivity index (χ0) is 30.3. The lowest BCUT2D eigenvalue weighted by atomic mass is 9.91. The highest BCUT2D eigenvalue weighted by molar-refractivity contribution is 7.92. The molecule has 0 bridgehead atoms. The predicted molar refractivity (Wildman–Crippen MR) is 164 cm³/mol. The number of amides is 1. The van der Waals surface area contributed by atoms with Crippen molar-refractivity contribution in [2.45, 2.75) is 82.0 Å². The fourth-order valence-corrected chi connectivity index (χ4v) is 5.97. The van der Waals surface area contributed by atoms with Crippen molar-refractivity contribution in [2.75, 3.05) is 17.1 Å². The standard InChI is InChI=1S/C30H38ClN5O5S/c1-30(2,3)41-29(37)34-23-15-13-22(14-16-23)33-26-17-10-20(19-32-26)9-11-21-12-18-27(35-28(21)40-4)42(38,39)36-25-8-6-5-7-24(25)31/h5-8,10,12,17-19,22-23,36H,9,11,13-16H2,1-4H3,(H,32,33)(H,34,37). The number of hydrogen-bond donors (Lipinski definition) is 3. The second-order valence-corrected chi connectivity index (χ2v) is 13.3. The fraction of sp³-hybridized carbons (Fsp3) is 0.433. The SMILES string of the molecule is COc1nc(S(=O)(=O)Nc2ccccc2Cl)ccc1CCc1ccc(NC2CCC(NC(=O)OC(C)(C)C)CC2)nc1. The van der Waals surface area contributed by atoms with Gasteiger partial charge in [-0.1, -0.05) is 35.9 Å². The van der Waals surface area contributed by atoms with Crippen LogP contribution in [0.2, 0.25) is 5.02 Å². The number of aryl methyl sites for hydroxylation is 2. The van der Waals surface area contributed by atoms with E-state index in [1.807, 2.05) is 39.1 Å². The highest BCUT2D eigenvalue weighted by Crippen LogP contribution is 2.26. The molecular weight excluding hydrogens is 578 g/mol. The van der Waals surface area contributed by atoms with Crippen molar-refractivity contribution in [3.05, 3.63) is 70.9 Å². The van der Waals surface area contributed by atoms with Crippen molar-refractivity contribution < 1.29 is 22.7 Å². The van der Waals surface area contributed by atoms with Crippen LogP contribution in [0.4, 0.5) is 16.3 Å². The Labute approximate surface area is 252 Å². The minimum atomic E-state index is -3.95. The average Bonchev–Trinajstić information content (AvgIpc) is 2.94. The minimum Gasteiger partial charge on any atom is -0.481 e. The molecule has 4 rings (SSSR count). The molecule has 1 aliphatic carbocycles. The van der Waals surface area contributed by atoms with Gasteiger partial charge in [0, 0.05) is 23.8 Å². The van der Waals surface area contributed by atoms with Crippen LogP contribution in [0.25, 0.3) is 0 Å². The molecule has 226 valence electrons. The topological polar surface area (TPSA) is 132 Å². The summed E-state index contributed by atoms with van der Waals surface area (Å²) >= 11 is 6.10. The molecule has 12 heteroatoms. The Bertz CT molecular complexity index is 1470. The summed E-state index contributed by atoms with van der Waals surface area (Å²) in [6.45, 7) is 5.57. The Morgan fingerprint density at radius 3 is 2.36 bits per heavy atom. The molecule has 0 saturated heterocycles. The Balaban J connectivity index is 1.28. The molecular formula is C30H38ClN5O5S. The van der Waals surface area contributed by atoms with Crippen LogP contribution in [-0.2, 0) is 27.6 Å². The molecule has 10 nitrogen and oxygen atoms in total. The van der Waals surface area contributed by atoms with Crippen molar-refractivity contribution in [3.63, 3.8) is 0 Å². The van der Waals surface area contributed by atoms with E-state index in [1.54, 1.807) is 30.3 Å². The number of carbonyl (C=O) groups is 1. The number of rotatable bonds is 10. The molecule has 3 N–H and O–H groups in total. The minimum absolute atomic E-state index is 0.118. The number of para-hydroxylation sites is 1. The fourth-order valence-electron chi connectivity index (χ4n) is 4.71. The van der Waals surface area contributed by atoms with Crippen molar-refractivity contribution in [1.82, 2.24) is 15.3 Å². The van der Waals surface area contributed by atoms with E-state index in [4.69, 9.17) is 21.1 Å². The number of anilines is 2. The highest BCUT2D eigenvalue weighted by atomic mass is 35.5. The smallest absolute Gasteiger partial charge is 0.407 e. The number of halogens is 1. The molecule has 2 heterocycles. The third-order valence-electron chi connectivity index (χ3n) is 6.81. The van der Waals surface area contributed by atoms with Crippen LogP contribution in [-0.4, -0.2) is 49.3 Å². The Hall–Kier alpha value is -3.57. The molecule has 1 amide bonds. The first-order valence-corrected chi connectivity index (χ1v) is 15.8. The Morgan fingerprint density at radius 1 is 1.00 bits per heavy atom. The molecule has 0 atom stereocenters. The van der Waals surface area contributed by atoms with E-state index < -0.39 is 15.6 Å². The van der Waals surface area contributed by atoms with E-state index in [0.29, 0.717) is 17.9 Å². The summed E-state index contributed by atoms with van der Waals surface area (Å²) in [6, 6.07) is 14.2. The second kappa shape index (κ2) is 13.6. The van der Waals surface area contributed by atoms with Gasteiger partial charge in [0.2, 0.25) is 5.88 Å². The van der Waals surface area contributed by atoms with Crippen molar-refractivity contribution >= 4 is 39.2 Å². The van der Waals surface area contributed by atoms with Crippen molar-refractivity contribution in [2.24, 2.45) is 0 Å². The van der Waals surface area contributed by atoms with E-state index in [9.17, 15) is 13.2 Å². The van der Waals surface area contributed by atoms with Crippen LogP contribution in [0.3, 0.4) is 0 Å². The van der Waals surface area contributed by atoms with Gasteiger partial charge in [-0.3, -0.25) is 4.72 Å². The van der Waals surface area contributed by atoms with Crippen LogP contribution >= 0.6 is 11.6 Å². The number of methoxy groups -OCH3 is 1. The van der Waals surface area contributed by atoms with Gasteiger partial charge >= 0.3 is 6.09 Å². The van der Waals surface area contributed by atoms with Gasteiger partial charge in [-0.15, -0.1) is 0 Å².